The number of likely N-dealkylation sites (tertiary alicyclic amines) is 1. The maximum absolute atomic E-state index is 13.2. The van der Waals surface area contributed by atoms with Crippen LogP contribution in [0.25, 0.3) is 0 Å². The molecule has 2 aromatic carbocycles. The highest BCUT2D eigenvalue weighted by atomic mass is 32.2. The number of nitrogens with zero attached hydrogens (tertiary/aromatic N) is 2. The summed E-state index contributed by atoms with van der Waals surface area (Å²) >= 11 is 0. The zero-order chi connectivity index (χ0) is 22.9. The van der Waals surface area contributed by atoms with E-state index in [1.165, 1.54) is 6.07 Å². The van der Waals surface area contributed by atoms with Gasteiger partial charge in [-0.05, 0) is 29.7 Å². The number of hydrogen-bond donors (Lipinski definition) is 2. The third-order valence-corrected chi connectivity index (χ3v) is 7.72. The van der Waals surface area contributed by atoms with E-state index in [4.69, 9.17) is 0 Å². The zero-order valence-corrected chi connectivity index (χ0v) is 18.7. The monoisotopic (exact) mass is 457 g/mol. The van der Waals surface area contributed by atoms with E-state index in [9.17, 15) is 23.1 Å². The van der Waals surface area contributed by atoms with Gasteiger partial charge in [0.15, 0.2) is 9.84 Å². The van der Waals surface area contributed by atoms with E-state index < -0.39 is 21.5 Å². The van der Waals surface area contributed by atoms with Crippen LogP contribution in [0.5, 0.6) is 0 Å². The number of anilines is 1. The Morgan fingerprint density at radius 3 is 2.69 bits per heavy atom. The highest BCUT2D eigenvalue weighted by Crippen LogP contribution is 2.29. The smallest absolute Gasteiger partial charge is 0.239 e. The molecule has 0 spiro atoms. The van der Waals surface area contributed by atoms with Crippen LogP contribution in [0.2, 0.25) is 0 Å². The Morgan fingerprint density at radius 1 is 1.25 bits per heavy atom. The summed E-state index contributed by atoms with van der Waals surface area (Å²) in [7, 11) is -1.89. The first-order valence-electron chi connectivity index (χ1n) is 10.6. The minimum atomic E-state index is -3.65. The van der Waals surface area contributed by atoms with Crippen LogP contribution >= 0.6 is 0 Å². The van der Waals surface area contributed by atoms with E-state index in [2.05, 4.69) is 10.2 Å². The Hall–Kier alpha value is -2.75. The summed E-state index contributed by atoms with van der Waals surface area (Å²) in [4.78, 5) is 28.8. The number of carbonyl (C=O) groups is 2. The van der Waals surface area contributed by atoms with Crippen LogP contribution in [0, 0.1) is 0 Å². The van der Waals surface area contributed by atoms with Crippen LogP contribution in [0.4, 0.5) is 5.69 Å². The molecule has 2 heterocycles. The molecule has 0 saturated carbocycles. The summed E-state index contributed by atoms with van der Waals surface area (Å²) in [5.41, 5.74) is 1.86. The second kappa shape index (κ2) is 9.01. The predicted octanol–water partition coefficient (Wildman–Crippen LogP) is 1.22. The highest BCUT2D eigenvalue weighted by Gasteiger charge is 2.30. The number of sulfone groups is 1. The van der Waals surface area contributed by atoms with Crippen molar-refractivity contribution in [3.05, 3.63) is 59.7 Å². The van der Waals surface area contributed by atoms with E-state index >= 15 is 0 Å². The summed E-state index contributed by atoms with van der Waals surface area (Å²) in [6.07, 6.45) is 0.462. The predicted molar refractivity (Wildman–Crippen MR) is 120 cm³/mol. The topological polar surface area (TPSA) is 107 Å². The molecule has 1 saturated heterocycles. The van der Waals surface area contributed by atoms with Gasteiger partial charge in [-0.25, -0.2) is 8.42 Å². The molecular weight excluding hydrogens is 430 g/mol. The molecule has 0 aliphatic carbocycles. The second-order valence-electron chi connectivity index (χ2n) is 8.45. The molecule has 0 bridgehead atoms. The number of β-amino-alcohol motifs (C(OH)–C–C–N with tert-alkyl or cyclic N) is 1. The molecule has 2 aliphatic rings. The maximum atomic E-state index is 13.2. The van der Waals surface area contributed by atoms with Crippen molar-refractivity contribution in [2.24, 2.45) is 0 Å². The number of carbonyl (C=O) groups excluding carboxylic acids is 2. The number of amides is 2. The van der Waals surface area contributed by atoms with Crippen LogP contribution in [0.3, 0.4) is 0 Å². The van der Waals surface area contributed by atoms with Crippen LogP contribution in [0.1, 0.15) is 23.6 Å². The van der Waals surface area contributed by atoms with Crippen molar-refractivity contribution >= 4 is 27.3 Å². The first kappa shape index (κ1) is 22.4. The lowest BCUT2D eigenvalue weighted by molar-refractivity contribution is -0.131. The number of likely N-dealkylation sites (N-methyl/N-ethyl adjacent to an activating group) is 1. The molecule has 9 heteroatoms. The number of fused-ring (bicyclic) bond motifs is 1. The van der Waals surface area contributed by atoms with Gasteiger partial charge in [-0.2, -0.15) is 0 Å². The van der Waals surface area contributed by atoms with E-state index in [0.717, 1.165) is 18.5 Å². The molecule has 2 aromatic rings. The van der Waals surface area contributed by atoms with Crippen molar-refractivity contribution in [2.45, 2.75) is 29.9 Å². The minimum Gasteiger partial charge on any atom is -0.392 e. The highest BCUT2D eigenvalue weighted by molar-refractivity contribution is 7.92. The third-order valence-electron chi connectivity index (χ3n) is 6.05. The fourth-order valence-electron chi connectivity index (χ4n) is 4.32. The number of rotatable bonds is 6. The van der Waals surface area contributed by atoms with E-state index in [-0.39, 0.29) is 35.1 Å². The standard InChI is InChI=1S/C23H27N3O5S/c1-25(20(17-5-3-2-4-6-17)14-26-10-9-18(27)13-26)23(29)12-16-7-8-21-19(11-16)24-22(28)15-32(21,30)31/h2-8,11,18,20,27H,9-10,12-15H2,1H3,(H,24,28)/t18-,20-/m0/s1. The van der Waals surface area contributed by atoms with Crippen molar-refractivity contribution < 1.29 is 23.1 Å². The third kappa shape index (κ3) is 4.85. The fraction of sp³-hybridized carbons (Fsp3) is 0.391. The molecule has 32 heavy (non-hydrogen) atoms. The van der Waals surface area contributed by atoms with Crippen LogP contribution < -0.4 is 5.32 Å². The Morgan fingerprint density at radius 2 is 2.00 bits per heavy atom. The van der Waals surface area contributed by atoms with E-state index in [1.54, 1.807) is 24.1 Å². The van der Waals surface area contributed by atoms with Crippen LogP contribution in [-0.4, -0.2) is 73.7 Å². The Labute approximate surface area is 187 Å². The Balaban J connectivity index is 1.53. The van der Waals surface area contributed by atoms with E-state index in [1.807, 2.05) is 30.3 Å². The number of aliphatic hydroxyl groups is 1. The van der Waals surface area contributed by atoms with Crippen molar-refractivity contribution in [1.29, 1.82) is 0 Å². The second-order valence-corrected chi connectivity index (χ2v) is 10.4. The summed E-state index contributed by atoms with van der Waals surface area (Å²) in [5, 5.41) is 12.5. The van der Waals surface area contributed by atoms with Crippen molar-refractivity contribution in [1.82, 2.24) is 9.80 Å². The molecule has 2 amide bonds. The summed E-state index contributed by atoms with van der Waals surface area (Å²) < 4.78 is 24.4. The lowest BCUT2D eigenvalue weighted by atomic mass is 10.0. The summed E-state index contributed by atoms with van der Waals surface area (Å²) in [6.45, 7) is 1.98. The van der Waals surface area contributed by atoms with Gasteiger partial charge in [-0.1, -0.05) is 36.4 Å². The fourth-order valence-corrected chi connectivity index (χ4v) is 5.61. The molecule has 1 fully saturated rings. The van der Waals surface area contributed by atoms with Crippen molar-refractivity contribution in [3.63, 3.8) is 0 Å². The minimum absolute atomic E-state index is 0.0751. The lowest BCUT2D eigenvalue weighted by Crippen LogP contribution is -2.39. The number of aliphatic hydroxyl groups excluding tert-OH is 1. The molecule has 2 aliphatic heterocycles. The number of nitrogens with one attached hydrogen (secondary N) is 1. The normalized spacial score (nSPS) is 20.9. The van der Waals surface area contributed by atoms with Crippen LogP contribution in [-0.2, 0) is 25.8 Å². The Kier molecular flexibility index (Phi) is 6.32. The summed E-state index contributed by atoms with van der Waals surface area (Å²) in [6, 6.07) is 14.2. The molecule has 8 nitrogen and oxygen atoms in total. The molecule has 0 unspecified atom stereocenters. The summed E-state index contributed by atoms with van der Waals surface area (Å²) in [5.74, 6) is -1.26. The molecule has 170 valence electrons. The molecule has 0 aromatic heterocycles. The molecule has 2 atom stereocenters. The van der Waals surface area contributed by atoms with Gasteiger partial charge in [0.2, 0.25) is 11.8 Å². The SMILES string of the molecule is CN(C(=O)Cc1ccc2c(c1)NC(=O)CS2(=O)=O)[C@@H](CN1CC[C@H](O)C1)c1ccccc1. The van der Waals surface area contributed by atoms with Crippen molar-refractivity contribution in [3.8, 4) is 0 Å². The van der Waals surface area contributed by atoms with Gasteiger partial charge in [0.05, 0.1) is 29.1 Å². The maximum Gasteiger partial charge on any atom is 0.239 e. The number of hydrogen-bond acceptors (Lipinski definition) is 6. The molecule has 4 rings (SSSR count). The lowest BCUT2D eigenvalue weighted by Gasteiger charge is -2.32. The van der Waals surface area contributed by atoms with Gasteiger partial charge in [-0.15, -0.1) is 0 Å². The average Bonchev–Trinajstić information content (AvgIpc) is 3.16. The van der Waals surface area contributed by atoms with Crippen LogP contribution in [0.15, 0.2) is 53.4 Å². The zero-order valence-electron chi connectivity index (χ0n) is 17.9. The first-order chi connectivity index (χ1) is 15.2. The largest absolute Gasteiger partial charge is 0.392 e. The van der Waals surface area contributed by atoms with Gasteiger partial charge in [0, 0.05) is 26.7 Å². The van der Waals surface area contributed by atoms with E-state index in [0.29, 0.717) is 18.7 Å². The molecule has 2 N–H and O–H groups in total. The van der Waals surface area contributed by atoms with Gasteiger partial charge in [0.1, 0.15) is 5.75 Å². The van der Waals surface area contributed by atoms with Gasteiger partial charge in [-0.3, -0.25) is 14.5 Å². The quantitative estimate of drug-likeness (QED) is 0.676. The average molecular weight is 458 g/mol. The Bertz CT molecular complexity index is 1120. The van der Waals surface area contributed by atoms with Gasteiger partial charge >= 0.3 is 0 Å². The number of benzene rings is 2. The van der Waals surface area contributed by atoms with Gasteiger partial charge in [0.25, 0.3) is 0 Å². The first-order valence-corrected chi connectivity index (χ1v) is 12.2. The van der Waals surface area contributed by atoms with Crippen molar-refractivity contribution in [2.75, 3.05) is 37.8 Å². The molecule has 0 radical (unpaired) electrons. The molecular formula is C23H27N3O5S. The van der Waals surface area contributed by atoms with Gasteiger partial charge < -0.3 is 15.3 Å².